The van der Waals surface area contributed by atoms with E-state index in [2.05, 4.69) is 10.6 Å². The van der Waals surface area contributed by atoms with E-state index in [1.54, 1.807) is 12.1 Å². The standard InChI is InChI=1S/C27H29N3O5/c31-23-9-8-22(25(32)29-23)30-26(33)21-3-1-2-20(24(21)27(30)34)19-6-4-17(5-7-19)10-13-28-16-18-11-14-35-15-12-18/h1-7,18,22,28H,8-16H2,(H,29,31,32). The molecule has 0 saturated carbocycles. The minimum absolute atomic E-state index is 0.0993. The Labute approximate surface area is 204 Å². The van der Waals surface area contributed by atoms with Crippen molar-refractivity contribution >= 4 is 23.6 Å². The second-order valence-electron chi connectivity index (χ2n) is 9.38. The van der Waals surface area contributed by atoms with Gasteiger partial charge < -0.3 is 10.1 Å². The molecule has 0 radical (unpaired) electrons. The highest BCUT2D eigenvalue weighted by Gasteiger charge is 2.45. The fourth-order valence-corrected chi connectivity index (χ4v) is 5.10. The summed E-state index contributed by atoms with van der Waals surface area (Å²) in [5.41, 5.74) is 3.30. The lowest BCUT2D eigenvalue weighted by Crippen LogP contribution is -2.54. The number of amides is 4. The number of ether oxygens (including phenoxy) is 1. The van der Waals surface area contributed by atoms with Crippen LogP contribution in [0.15, 0.2) is 42.5 Å². The smallest absolute Gasteiger partial charge is 0.262 e. The van der Waals surface area contributed by atoms with E-state index in [9.17, 15) is 19.2 Å². The third-order valence-corrected chi connectivity index (χ3v) is 7.10. The van der Waals surface area contributed by atoms with E-state index in [0.717, 1.165) is 56.0 Å². The summed E-state index contributed by atoms with van der Waals surface area (Å²) in [4.78, 5) is 51.2. The summed E-state index contributed by atoms with van der Waals surface area (Å²) in [6.07, 6.45) is 3.37. The highest BCUT2D eigenvalue weighted by molar-refractivity contribution is 6.25. The Morgan fingerprint density at radius 1 is 0.914 bits per heavy atom. The minimum atomic E-state index is -0.969. The number of carbonyl (C=O) groups excluding carboxylic acids is 4. The summed E-state index contributed by atoms with van der Waals surface area (Å²) in [6.45, 7) is 3.62. The van der Waals surface area contributed by atoms with Crippen molar-refractivity contribution in [1.82, 2.24) is 15.5 Å². The normalized spacial score (nSPS) is 20.8. The number of carbonyl (C=O) groups is 4. The van der Waals surface area contributed by atoms with Gasteiger partial charge in [-0.1, -0.05) is 36.4 Å². The lowest BCUT2D eigenvalue weighted by Gasteiger charge is -2.27. The molecule has 3 heterocycles. The summed E-state index contributed by atoms with van der Waals surface area (Å²) in [5.74, 6) is -1.29. The first-order chi connectivity index (χ1) is 17.0. The van der Waals surface area contributed by atoms with Gasteiger partial charge in [0.1, 0.15) is 6.04 Å². The van der Waals surface area contributed by atoms with Gasteiger partial charge in [-0.3, -0.25) is 29.4 Å². The first-order valence-corrected chi connectivity index (χ1v) is 12.3. The summed E-state index contributed by atoms with van der Waals surface area (Å²) in [7, 11) is 0. The molecule has 0 aromatic heterocycles. The molecule has 0 aliphatic carbocycles. The molecule has 1 unspecified atom stereocenters. The predicted molar refractivity (Wildman–Crippen MR) is 129 cm³/mol. The highest BCUT2D eigenvalue weighted by atomic mass is 16.5. The number of fused-ring (bicyclic) bond motifs is 1. The molecule has 0 bridgehead atoms. The van der Waals surface area contributed by atoms with Crippen molar-refractivity contribution in [2.75, 3.05) is 26.3 Å². The number of piperidine rings is 1. The van der Waals surface area contributed by atoms with Gasteiger partial charge in [0.2, 0.25) is 11.8 Å². The molecule has 8 nitrogen and oxygen atoms in total. The van der Waals surface area contributed by atoms with E-state index in [-0.39, 0.29) is 18.7 Å². The van der Waals surface area contributed by atoms with Gasteiger partial charge in [0.15, 0.2) is 0 Å². The van der Waals surface area contributed by atoms with E-state index in [0.29, 0.717) is 22.6 Å². The quantitative estimate of drug-likeness (QED) is 0.470. The zero-order valence-corrected chi connectivity index (χ0v) is 19.5. The third-order valence-electron chi connectivity index (χ3n) is 7.10. The Balaban J connectivity index is 1.27. The molecule has 2 aromatic carbocycles. The van der Waals surface area contributed by atoms with Crippen molar-refractivity contribution in [3.05, 3.63) is 59.2 Å². The number of hydrogen-bond donors (Lipinski definition) is 2. The van der Waals surface area contributed by atoms with Gasteiger partial charge in [-0.25, -0.2) is 0 Å². The molecule has 4 amide bonds. The summed E-state index contributed by atoms with van der Waals surface area (Å²) in [6, 6.07) is 12.2. The first kappa shape index (κ1) is 23.4. The van der Waals surface area contributed by atoms with Crippen molar-refractivity contribution in [3.63, 3.8) is 0 Å². The maximum atomic E-state index is 13.3. The van der Waals surface area contributed by atoms with Gasteiger partial charge in [0.05, 0.1) is 11.1 Å². The fourth-order valence-electron chi connectivity index (χ4n) is 5.10. The maximum Gasteiger partial charge on any atom is 0.262 e. The van der Waals surface area contributed by atoms with E-state index in [1.807, 2.05) is 30.3 Å². The van der Waals surface area contributed by atoms with E-state index >= 15 is 0 Å². The Kier molecular flexibility index (Phi) is 6.74. The molecular formula is C27H29N3O5. The van der Waals surface area contributed by atoms with Crippen LogP contribution in [0.2, 0.25) is 0 Å². The van der Waals surface area contributed by atoms with Crippen LogP contribution in [-0.4, -0.2) is 60.9 Å². The number of benzene rings is 2. The van der Waals surface area contributed by atoms with Crippen LogP contribution >= 0.6 is 0 Å². The molecule has 1 atom stereocenters. The molecule has 0 spiro atoms. The van der Waals surface area contributed by atoms with Crippen LogP contribution in [0.1, 0.15) is 52.0 Å². The fraction of sp³-hybridized carbons (Fsp3) is 0.407. The van der Waals surface area contributed by atoms with Crippen LogP contribution in [0.5, 0.6) is 0 Å². The number of imide groups is 2. The molecule has 5 rings (SSSR count). The molecule has 8 heteroatoms. The maximum absolute atomic E-state index is 13.3. The lowest BCUT2D eigenvalue weighted by molar-refractivity contribution is -0.136. The summed E-state index contributed by atoms with van der Waals surface area (Å²) < 4.78 is 5.41. The van der Waals surface area contributed by atoms with Gasteiger partial charge in [-0.15, -0.1) is 0 Å². The Hall–Kier alpha value is -3.36. The largest absolute Gasteiger partial charge is 0.381 e. The van der Waals surface area contributed by atoms with Gasteiger partial charge in [0.25, 0.3) is 11.8 Å². The molecule has 2 aromatic rings. The summed E-state index contributed by atoms with van der Waals surface area (Å²) in [5, 5.41) is 5.77. The second-order valence-corrected chi connectivity index (χ2v) is 9.38. The molecule has 3 aliphatic heterocycles. The highest BCUT2D eigenvalue weighted by Crippen LogP contribution is 2.35. The van der Waals surface area contributed by atoms with Crippen molar-refractivity contribution < 1.29 is 23.9 Å². The number of nitrogens with one attached hydrogen (secondary N) is 2. The molecule has 2 saturated heterocycles. The molecule has 3 aliphatic rings. The Morgan fingerprint density at radius 3 is 2.40 bits per heavy atom. The molecular weight excluding hydrogens is 446 g/mol. The molecule has 2 fully saturated rings. The van der Waals surface area contributed by atoms with Crippen LogP contribution in [0.3, 0.4) is 0 Å². The van der Waals surface area contributed by atoms with Crippen LogP contribution < -0.4 is 10.6 Å². The van der Waals surface area contributed by atoms with Gasteiger partial charge in [-0.2, -0.15) is 0 Å². The lowest BCUT2D eigenvalue weighted by atomic mass is 9.95. The van der Waals surface area contributed by atoms with E-state index in [4.69, 9.17) is 4.74 Å². The number of hydrogen-bond acceptors (Lipinski definition) is 6. The van der Waals surface area contributed by atoms with Crippen molar-refractivity contribution in [2.45, 2.75) is 38.1 Å². The Morgan fingerprint density at radius 2 is 1.66 bits per heavy atom. The first-order valence-electron chi connectivity index (χ1n) is 12.3. The molecule has 182 valence electrons. The van der Waals surface area contributed by atoms with Gasteiger partial charge in [0, 0.05) is 19.6 Å². The zero-order chi connectivity index (χ0) is 24.4. The van der Waals surface area contributed by atoms with Crippen LogP contribution in [0.25, 0.3) is 11.1 Å². The Bertz CT molecular complexity index is 1150. The van der Waals surface area contributed by atoms with Crippen LogP contribution in [0.4, 0.5) is 0 Å². The number of nitrogens with zero attached hydrogens (tertiary/aromatic N) is 1. The van der Waals surface area contributed by atoms with Gasteiger partial charge in [-0.05, 0) is 67.4 Å². The minimum Gasteiger partial charge on any atom is -0.381 e. The third kappa shape index (κ3) is 4.76. The van der Waals surface area contributed by atoms with Crippen molar-refractivity contribution in [2.24, 2.45) is 5.92 Å². The zero-order valence-electron chi connectivity index (χ0n) is 19.5. The van der Waals surface area contributed by atoms with E-state index in [1.165, 1.54) is 5.56 Å². The van der Waals surface area contributed by atoms with E-state index < -0.39 is 23.8 Å². The topological polar surface area (TPSA) is 105 Å². The van der Waals surface area contributed by atoms with Crippen molar-refractivity contribution in [3.8, 4) is 11.1 Å². The number of rotatable bonds is 7. The average molecular weight is 476 g/mol. The second kappa shape index (κ2) is 10.1. The molecule has 2 N–H and O–H groups in total. The van der Waals surface area contributed by atoms with Crippen LogP contribution in [0, 0.1) is 5.92 Å². The molecule has 35 heavy (non-hydrogen) atoms. The monoisotopic (exact) mass is 475 g/mol. The van der Waals surface area contributed by atoms with Crippen LogP contribution in [-0.2, 0) is 20.7 Å². The van der Waals surface area contributed by atoms with Crippen molar-refractivity contribution in [1.29, 1.82) is 0 Å². The SMILES string of the molecule is O=C1CCC(N2C(=O)c3cccc(-c4ccc(CCNCC5CCOCC5)cc4)c3C2=O)C(=O)N1. The summed E-state index contributed by atoms with van der Waals surface area (Å²) >= 11 is 0. The van der Waals surface area contributed by atoms with Gasteiger partial charge >= 0.3 is 0 Å². The predicted octanol–water partition coefficient (Wildman–Crippen LogP) is 2.31. The average Bonchev–Trinajstić information content (AvgIpc) is 3.13.